The summed E-state index contributed by atoms with van der Waals surface area (Å²) in [5.41, 5.74) is 6.44. The second kappa shape index (κ2) is 6.61. The van der Waals surface area contributed by atoms with Crippen LogP contribution in [0.1, 0.15) is 30.6 Å². The normalized spacial score (nSPS) is 12.5. The molecular weight excluding hydrogens is 252 g/mol. The summed E-state index contributed by atoms with van der Waals surface area (Å²) in [7, 11) is 0. The molecule has 0 saturated carbocycles. The minimum atomic E-state index is -0.292. The van der Waals surface area contributed by atoms with Crippen molar-refractivity contribution in [2.75, 3.05) is 12.3 Å². The highest BCUT2D eigenvalue weighted by atomic mass is 35.5. The molecule has 1 unspecified atom stereocenters. The van der Waals surface area contributed by atoms with E-state index in [9.17, 15) is 9.90 Å². The molecule has 0 fully saturated rings. The van der Waals surface area contributed by atoms with Crippen LogP contribution in [0.5, 0.6) is 0 Å². The van der Waals surface area contributed by atoms with Gasteiger partial charge in [0.25, 0.3) is 5.91 Å². The summed E-state index contributed by atoms with van der Waals surface area (Å²) in [6, 6.07) is 4.48. The topological polar surface area (TPSA) is 75.3 Å². The maximum Gasteiger partial charge on any atom is 0.253 e. The first-order valence-electron chi connectivity index (χ1n) is 5.90. The first kappa shape index (κ1) is 14.8. The second-order valence-electron chi connectivity index (χ2n) is 4.72. The molecule has 0 spiro atoms. The van der Waals surface area contributed by atoms with Gasteiger partial charge >= 0.3 is 0 Å². The van der Waals surface area contributed by atoms with Gasteiger partial charge in [0.1, 0.15) is 0 Å². The highest BCUT2D eigenvalue weighted by molar-refractivity contribution is 6.34. The summed E-state index contributed by atoms with van der Waals surface area (Å²) < 4.78 is 0. The lowest BCUT2D eigenvalue weighted by Crippen LogP contribution is -2.38. The fraction of sp³-hybridized carbons (Fsp3) is 0.462. The smallest absolute Gasteiger partial charge is 0.253 e. The molecule has 0 aliphatic rings. The molecule has 0 aromatic heterocycles. The van der Waals surface area contributed by atoms with E-state index in [1.807, 2.05) is 13.8 Å². The van der Waals surface area contributed by atoms with Gasteiger partial charge in [0, 0.05) is 5.69 Å². The molecule has 4 nitrogen and oxygen atoms in total. The Balaban J connectivity index is 2.74. The number of nitrogens with two attached hydrogens (primary N) is 1. The van der Waals surface area contributed by atoms with Gasteiger partial charge in [-0.1, -0.05) is 25.4 Å². The number of benzene rings is 1. The van der Waals surface area contributed by atoms with Crippen molar-refractivity contribution in [3.05, 3.63) is 28.8 Å². The SMILES string of the molecule is CC(C)CC(CO)NC(=O)c1ccc(N)cc1Cl. The molecule has 1 rings (SSSR count). The Morgan fingerprint density at radius 2 is 2.17 bits per heavy atom. The Hall–Kier alpha value is -1.26. The minimum absolute atomic E-state index is 0.0868. The van der Waals surface area contributed by atoms with Crippen LogP contribution in [0.3, 0.4) is 0 Å². The lowest BCUT2D eigenvalue weighted by Gasteiger charge is -2.18. The van der Waals surface area contributed by atoms with Gasteiger partial charge in [0.2, 0.25) is 0 Å². The molecule has 0 heterocycles. The summed E-state index contributed by atoms with van der Waals surface area (Å²) in [5, 5.41) is 12.3. The minimum Gasteiger partial charge on any atom is -0.399 e. The molecule has 1 aromatic carbocycles. The number of carbonyl (C=O) groups is 1. The number of hydrogen-bond donors (Lipinski definition) is 3. The van der Waals surface area contributed by atoms with Gasteiger partial charge in [0.05, 0.1) is 23.2 Å². The highest BCUT2D eigenvalue weighted by Crippen LogP contribution is 2.19. The molecule has 4 N–H and O–H groups in total. The molecule has 100 valence electrons. The summed E-state index contributed by atoms with van der Waals surface area (Å²) in [4.78, 5) is 12.0. The van der Waals surface area contributed by atoms with Crippen molar-refractivity contribution in [1.29, 1.82) is 0 Å². The molecule has 1 atom stereocenters. The third kappa shape index (κ3) is 4.20. The predicted octanol–water partition coefficient (Wildman–Crippen LogP) is 2.06. The van der Waals surface area contributed by atoms with E-state index in [0.717, 1.165) is 6.42 Å². The van der Waals surface area contributed by atoms with Gasteiger partial charge < -0.3 is 16.2 Å². The average Bonchev–Trinajstić information content (AvgIpc) is 2.27. The second-order valence-corrected chi connectivity index (χ2v) is 5.13. The summed E-state index contributed by atoms with van der Waals surface area (Å²) in [5.74, 6) is 0.101. The van der Waals surface area contributed by atoms with E-state index in [2.05, 4.69) is 5.32 Å². The Bertz CT molecular complexity index is 421. The number of rotatable bonds is 5. The van der Waals surface area contributed by atoms with E-state index < -0.39 is 0 Å². The van der Waals surface area contributed by atoms with Crippen molar-refractivity contribution in [1.82, 2.24) is 5.32 Å². The molecule has 5 heteroatoms. The monoisotopic (exact) mass is 270 g/mol. The fourth-order valence-corrected chi connectivity index (χ4v) is 2.00. The Kier molecular flexibility index (Phi) is 5.44. The van der Waals surface area contributed by atoms with Gasteiger partial charge in [-0.05, 0) is 30.5 Å². The highest BCUT2D eigenvalue weighted by Gasteiger charge is 2.16. The number of nitrogens with one attached hydrogen (secondary N) is 1. The van der Waals surface area contributed by atoms with E-state index in [1.165, 1.54) is 6.07 Å². The van der Waals surface area contributed by atoms with Gasteiger partial charge in [-0.3, -0.25) is 4.79 Å². The average molecular weight is 271 g/mol. The standard InChI is InChI=1S/C13H19ClN2O2/c1-8(2)5-10(7-17)16-13(18)11-4-3-9(15)6-12(11)14/h3-4,6,8,10,17H,5,7,15H2,1-2H3,(H,16,18). The van der Waals surface area contributed by atoms with Gasteiger partial charge in [-0.2, -0.15) is 0 Å². The first-order chi connectivity index (χ1) is 8.43. The van der Waals surface area contributed by atoms with Crippen LogP contribution in [-0.2, 0) is 0 Å². The van der Waals surface area contributed by atoms with Crippen LogP contribution >= 0.6 is 11.6 Å². The summed E-state index contributed by atoms with van der Waals surface area (Å²) in [6.45, 7) is 3.98. The van der Waals surface area contributed by atoms with Crippen LogP contribution in [0.4, 0.5) is 5.69 Å². The molecule has 0 bridgehead atoms. The number of nitrogen functional groups attached to an aromatic ring is 1. The van der Waals surface area contributed by atoms with Gasteiger partial charge in [-0.25, -0.2) is 0 Å². The first-order valence-corrected chi connectivity index (χ1v) is 6.28. The van der Waals surface area contributed by atoms with Crippen molar-refractivity contribution in [3.8, 4) is 0 Å². The summed E-state index contributed by atoms with van der Waals surface area (Å²) >= 11 is 5.95. The zero-order valence-electron chi connectivity index (χ0n) is 10.6. The maximum absolute atomic E-state index is 12.0. The lowest BCUT2D eigenvalue weighted by molar-refractivity contribution is 0.0908. The largest absolute Gasteiger partial charge is 0.399 e. The van der Waals surface area contributed by atoms with Gasteiger partial charge in [-0.15, -0.1) is 0 Å². The number of carbonyl (C=O) groups excluding carboxylic acids is 1. The number of anilines is 1. The van der Waals surface area contributed by atoms with Gasteiger partial charge in [0.15, 0.2) is 0 Å². The van der Waals surface area contributed by atoms with Crippen LogP contribution in [0, 0.1) is 5.92 Å². The van der Waals surface area contributed by atoms with E-state index in [1.54, 1.807) is 12.1 Å². The molecule has 0 radical (unpaired) electrons. The predicted molar refractivity (Wildman–Crippen MR) is 73.7 cm³/mol. The third-order valence-electron chi connectivity index (χ3n) is 2.55. The number of aliphatic hydroxyl groups excluding tert-OH is 1. The quantitative estimate of drug-likeness (QED) is 0.717. The number of hydrogen-bond acceptors (Lipinski definition) is 3. The van der Waals surface area contributed by atoms with E-state index in [4.69, 9.17) is 17.3 Å². The number of amides is 1. The van der Waals surface area contributed by atoms with Crippen LogP contribution in [0.15, 0.2) is 18.2 Å². The van der Waals surface area contributed by atoms with Crippen molar-refractivity contribution in [3.63, 3.8) is 0 Å². The Labute approximate surface area is 112 Å². The van der Waals surface area contributed by atoms with Crippen LogP contribution in [0.25, 0.3) is 0 Å². The Morgan fingerprint density at radius 3 is 2.67 bits per heavy atom. The van der Waals surface area contributed by atoms with Crippen LogP contribution < -0.4 is 11.1 Å². The zero-order valence-corrected chi connectivity index (χ0v) is 11.4. The molecule has 1 amide bonds. The lowest BCUT2D eigenvalue weighted by atomic mass is 10.0. The molecular formula is C13H19ClN2O2. The number of aliphatic hydroxyl groups is 1. The number of halogens is 1. The molecule has 1 aromatic rings. The van der Waals surface area contributed by atoms with E-state index >= 15 is 0 Å². The molecule has 0 aliphatic carbocycles. The molecule has 0 aliphatic heterocycles. The van der Waals surface area contributed by atoms with E-state index in [0.29, 0.717) is 22.2 Å². The van der Waals surface area contributed by atoms with Crippen molar-refractivity contribution in [2.45, 2.75) is 26.3 Å². The van der Waals surface area contributed by atoms with Crippen LogP contribution in [-0.4, -0.2) is 23.7 Å². The molecule has 18 heavy (non-hydrogen) atoms. The van der Waals surface area contributed by atoms with Crippen molar-refractivity contribution < 1.29 is 9.90 Å². The summed E-state index contributed by atoms with van der Waals surface area (Å²) in [6.07, 6.45) is 0.717. The molecule has 0 saturated heterocycles. The fourth-order valence-electron chi connectivity index (χ4n) is 1.73. The Morgan fingerprint density at radius 1 is 1.50 bits per heavy atom. The van der Waals surface area contributed by atoms with Crippen LogP contribution in [0.2, 0.25) is 5.02 Å². The van der Waals surface area contributed by atoms with E-state index in [-0.39, 0.29) is 18.6 Å². The maximum atomic E-state index is 12.0. The zero-order chi connectivity index (χ0) is 13.7. The van der Waals surface area contributed by atoms with Crippen molar-refractivity contribution >= 4 is 23.2 Å². The van der Waals surface area contributed by atoms with Crippen molar-refractivity contribution in [2.24, 2.45) is 5.92 Å². The third-order valence-corrected chi connectivity index (χ3v) is 2.86.